The minimum Gasteiger partial charge on any atom is -0.353 e. The summed E-state index contributed by atoms with van der Waals surface area (Å²) >= 11 is 0. The molecular weight excluding hydrogens is 391 g/mol. The predicted molar refractivity (Wildman–Crippen MR) is 119 cm³/mol. The first-order valence-corrected chi connectivity index (χ1v) is 9.88. The highest BCUT2D eigenvalue weighted by atomic mass is 19.1. The number of nitrogens with zero attached hydrogens (tertiary/aromatic N) is 4. The zero-order valence-corrected chi connectivity index (χ0v) is 16.6. The van der Waals surface area contributed by atoms with Gasteiger partial charge in [-0.25, -0.2) is 9.37 Å². The number of halogens is 1. The molecule has 0 aliphatic rings. The first kappa shape index (κ1) is 17.6. The van der Waals surface area contributed by atoms with Gasteiger partial charge in [0.05, 0.1) is 23.1 Å². The summed E-state index contributed by atoms with van der Waals surface area (Å²) in [7, 11) is 1.88. The van der Waals surface area contributed by atoms with Crippen LogP contribution in [0.2, 0.25) is 0 Å². The Hall–Kier alpha value is -4.26. The molecule has 0 saturated carbocycles. The molecule has 0 amide bonds. The van der Waals surface area contributed by atoms with E-state index in [0.29, 0.717) is 0 Å². The highest BCUT2D eigenvalue weighted by Crippen LogP contribution is 2.34. The van der Waals surface area contributed by atoms with Gasteiger partial charge < -0.3 is 4.98 Å². The van der Waals surface area contributed by atoms with Crippen molar-refractivity contribution in [1.82, 2.24) is 29.9 Å². The number of pyridine rings is 1. The van der Waals surface area contributed by atoms with E-state index in [2.05, 4.69) is 26.3 Å². The molecule has 0 aliphatic carbocycles. The average Bonchev–Trinajstić information content (AvgIpc) is 3.51. The van der Waals surface area contributed by atoms with E-state index in [-0.39, 0.29) is 5.82 Å². The van der Waals surface area contributed by atoms with Gasteiger partial charge >= 0.3 is 0 Å². The summed E-state index contributed by atoms with van der Waals surface area (Å²) in [5.41, 5.74) is 8.03. The molecule has 6 aromatic rings. The molecule has 7 heteroatoms. The number of hydrogen-bond donors (Lipinski definition) is 2. The number of aromatic nitrogens is 6. The number of nitrogens with one attached hydrogen (secondary N) is 2. The summed E-state index contributed by atoms with van der Waals surface area (Å²) in [6.45, 7) is 0. The molecule has 0 bridgehead atoms. The van der Waals surface area contributed by atoms with Gasteiger partial charge in [-0.3, -0.25) is 9.78 Å². The zero-order valence-electron chi connectivity index (χ0n) is 16.6. The quantitative estimate of drug-likeness (QED) is 0.417. The summed E-state index contributed by atoms with van der Waals surface area (Å²) < 4.78 is 15.1. The number of aromatic amines is 2. The van der Waals surface area contributed by atoms with Crippen LogP contribution in [0.4, 0.5) is 4.39 Å². The third-order valence-corrected chi connectivity index (χ3v) is 5.48. The van der Waals surface area contributed by atoms with Crippen LogP contribution >= 0.6 is 0 Å². The first-order chi connectivity index (χ1) is 15.2. The Labute approximate surface area is 176 Å². The number of aryl methyl sites for hydroxylation is 1. The molecule has 4 heterocycles. The number of H-pyrrole nitrogens is 2. The maximum Gasteiger partial charge on any atom is 0.135 e. The lowest BCUT2D eigenvalue weighted by Crippen LogP contribution is -1.86. The van der Waals surface area contributed by atoms with E-state index in [9.17, 15) is 4.39 Å². The SMILES string of the molecule is Cn1cc(-c2ccc3[nH]nc(-c4cc5c(-c6ccc(F)cc6)cccc5[nH]4)c3n2)cn1. The highest BCUT2D eigenvalue weighted by molar-refractivity contribution is 6.00. The smallest absolute Gasteiger partial charge is 0.135 e. The zero-order chi connectivity index (χ0) is 20.9. The van der Waals surface area contributed by atoms with Crippen LogP contribution in [0.3, 0.4) is 0 Å². The second-order valence-corrected chi connectivity index (χ2v) is 7.52. The van der Waals surface area contributed by atoms with Gasteiger partial charge in [0.2, 0.25) is 0 Å². The molecule has 0 atom stereocenters. The molecular formula is C24H17FN6. The van der Waals surface area contributed by atoms with E-state index in [1.165, 1.54) is 12.1 Å². The highest BCUT2D eigenvalue weighted by Gasteiger charge is 2.15. The molecule has 31 heavy (non-hydrogen) atoms. The van der Waals surface area contributed by atoms with Crippen molar-refractivity contribution in [1.29, 1.82) is 0 Å². The molecule has 0 saturated heterocycles. The number of fused-ring (bicyclic) bond motifs is 2. The number of benzene rings is 2. The fourth-order valence-electron chi connectivity index (χ4n) is 3.96. The Balaban J connectivity index is 1.50. The molecule has 2 aromatic carbocycles. The van der Waals surface area contributed by atoms with Crippen molar-refractivity contribution in [3.05, 3.63) is 78.9 Å². The van der Waals surface area contributed by atoms with Crippen molar-refractivity contribution in [2.24, 2.45) is 7.05 Å². The average molecular weight is 408 g/mol. The summed E-state index contributed by atoms with van der Waals surface area (Å²) in [6, 6.07) is 18.6. The molecule has 2 N–H and O–H groups in total. The van der Waals surface area contributed by atoms with Gasteiger partial charge in [0.1, 0.15) is 17.0 Å². The molecule has 6 rings (SSSR count). The topological polar surface area (TPSA) is 75.2 Å². The van der Waals surface area contributed by atoms with Crippen LogP contribution in [-0.2, 0) is 7.05 Å². The van der Waals surface area contributed by atoms with Gasteiger partial charge in [0, 0.05) is 29.7 Å². The molecule has 4 aromatic heterocycles. The standard InChI is InChI=1S/C24H17FN6/c1-31-13-15(12-26-31)19-9-10-21-23(28-19)24(30-29-21)22-11-18-17(3-2-4-20(18)27-22)14-5-7-16(25)8-6-14/h2-13,27H,1H3,(H,29,30). The third kappa shape index (κ3) is 2.90. The predicted octanol–water partition coefficient (Wildman–Crippen LogP) is 5.31. The van der Waals surface area contributed by atoms with Gasteiger partial charge in [-0.1, -0.05) is 24.3 Å². The maximum atomic E-state index is 13.4. The lowest BCUT2D eigenvalue weighted by molar-refractivity contribution is 0.628. The van der Waals surface area contributed by atoms with Crippen LogP contribution in [0.5, 0.6) is 0 Å². The van der Waals surface area contributed by atoms with Crippen molar-refractivity contribution < 1.29 is 4.39 Å². The minimum atomic E-state index is -0.246. The van der Waals surface area contributed by atoms with Gasteiger partial charge in [-0.2, -0.15) is 10.2 Å². The van der Waals surface area contributed by atoms with E-state index < -0.39 is 0 Å². The molecule has 6 nitrogen and oxygen atoms in total. The van der Waals surface area contributed by atoms with E-state index in [1.54, 1.807) is 23.0 Å². The fraction of sp³-hybridized carbons (Fsp3) is 0.0417. The molecule has 0 aliphatic heterocycles. The Morgan fingerprint density at radius 1 is 0.935 bits per heavy atom. The molecule has 0 radical (unpaired) electrons. The van der Waals surface area contributed by atoms with E-state index in [4.69, 9.17) is 4.98 Å². The van der Waals surface area contributed by atoms with Crippen molar-refractivity contribution in [2.45, 2.75) is 0 Å². The van der Waals surface area contributed by atoms with E-state index in [0.717, 1.165) is 55.7 Å². The summed E-state index contributed by atoms with van der Waals surface area (Å²) in [5, 5.41) is 12.9. The van der Waals surface area contributed by atoms with Crippen molar-refractivity contribution in [3.63, 3.8) is 0 Å². The molecule has 150 valence electrons. The van der Waals surface area contributed by atoms with Crippen LogP contribution in [-0.4, -0.2) is 29.9 Å². The molecule has 0 unspecified atom stereocenters. The van der Waals surface area contributed by atoms with E-state index >= 15 is 0 Å². The summed E-state index contributed by atoms with van der Waals surface area (Å²) in [6.07, 6.45) is 3.73. The number of hydrogen-bond acceptors (Lipinski definition) is 3. The summed E-state index contributed by atoms with van der Waals surface area (Å²) in [4.78, 5) is 8.31. The van der Waals surface area contributed by atoms with Gasteiger partial charge in [0.25, 0.3) is 0 Å². The lowest BCUT2D eigenvalue weighted by atomic mass is 10.0. The van der Waals surface area contributed by atoms with Crippen molar-refractivity contribution in [2.75, 3.05) is 0 Å². The second-order valence-electron chi connectivity index (χ2n) is 7.52. The Bertz CT molecular complexity index is 1550. The van der Waals surface area contributed by atoms with Crippen LogP contribution in [0.15, 0.2) is 73.1 Å². The summed E-state index contributed by atoms with van der Waals surface area (Å²) in [5.74, 6) is -0.246. The second kappa shape index (κ2) is 6.63. The van der Waals surface area contributed by atoms with Crippen LogP contribution in [0.1, 0.15) is 0 Å². The number of rotatable bonds is 3. The fourth-order valence-corrected chi connectivity index (χ4v) is 3.96. The molecule has 0 fully saturated rings. The van der Waals surface area contributed by atoms with Crippen LogP contribution in [0, 0.1) is 5.82 Å². The maximum absolute atomic E-state index is 13.4. The Morgan fingerprint density at radius 2 is 1.81 bits per heavy atom. The van der Waals surface area contributed by atoms with Gasteiger partial charge in [-0.05, 0) is 47.5 Å². The van der Waals surface area contributed by atoms with Crippen LogP contribution in [0.25, 0.3) is 55.7 Å². The third-order valence-electron chi connectivity index (χ3n) is 5.48. The largest absolute Gasteiger partial charge is 0.353 e. The van der Waals surface area contributed by atoms with Gasteiger partial charge in [0.15, 0.2) is 0 Å². The van der Waals surface area contributed by atoms with Crippen LogP contribution < -0.4 is 0 Å². The van der Waals surface area contributed by atoms with Crippen molar-refractivity contribution in [3.8, 4) is 33.8 Å². The Morgan fingerprint density at radius 3 is 2.61 bits per heavy atom. The van der Waals surface area contributed by atoms with Crippen molar-refractivity contribution >= 4 is 21.9 Å². The van der Waals surface area contributed by atoms with E-state index in [1.807, 2.05) is 43.6 Å². The monoisotopic (exact) mass is 408 g/mol. The minimum absolute atomic E-state index is 0.246. The first-order valence-electron chi connectivity index (χ1n) is 9.88. The normalized spacial score (nSPS) is 11.5. The lowest BCUT2D eigenvalue weighted by Gasteiger charge is -2.03. The molecule has 0 spiro atoms. The Kier molecular flexibility index (Phi) is 3.76. The van der Waals surface area contributed by atoms with Gasteiger partial charge in [-0.15, -0.1) is 0 Å².